The topological polar surface area (TPSA) is 16.1 Å². The molecule has 2 nitrogen and oxygen atoms in total. The predicted molar refractivity (Wildman–Crippen MR) is 86.0 cm³/mol. The van der Waals surface area contributed by atoms with E-state index in [1.54, 1.807) is 0 Å². The first-order chi connectivity index (χ1) is 9.15. The Bertz CT molecular complexity index is 613. The van der Waals surface area contributed by atoms with Gasteiger partial charge in [0.2, 0.25) is 0 Å². The monoisotopic (exact) mass is 380 g/mol. The van der Waals surface area contributed by atoms with Gasteiger partial charge in [0.1, 0.15) is 5.82 Å². The molecule has 0 spiro atoms. The Balaban J connectivity index is 2.10. The summed E-state index contributed by atoms with van der Waals surface area (Å²) < 4.78 is 2.01. The van der Waals surface area contributed by atoms with Crippen LogP contribution in [0.2, 0.25) is 0 Å². The highest BCUT2D eigenvalue weighted by molar-refractivity contribution is 9.11. The van der Waals surface area contributed by atoms with E-state index in [-0.39, 0.29) is 0 Å². The number of para-hydroxylation sites is 1. The van der Waals surface area contributed by atoms with Crippen LogP contribution in [-0.4, -0.2) is 11.5 Å². The van der Waals surface area contributed by atoms with Gasteiger partial charge in [-0.1, -0.05) is 25.1 Å². The minimum absolute atomic E-state index is 0.632. The van der Waals surface area contributed by atoms with Gasteiger partial charge in [0.25, 0.3) is 0 Å². The fraction of sp³-hybridized carbons (Fsp3) is 0.267. The lowest BCUT2D eigenvalue weighted by Crippen LogP contribution is -2.31. The third kappa shape index (κ3) is 2.56. The standard InChI is InChI=1S/C15H14Br2N2/c1-10-6-11-4-2-3-5-14(11)19(9-10)15-13(17)7-12(16)8-18-15/h2-5,7-8,10H,6,9H2,1H3. The van der Waals surface area contributed by atoms with Crippen molar-refractivity contribution in [2.24, 2.45) is 5.92 Å². The lowest BCUT2D eigenvalue weighted by Gasteiger charge is -2.34. The molecule has 1 aromatic heterocycles. The number of aromatic nitrogens is 1. The lowest BCUT2D eigenvalue weighted by molar-refractivity contribution is 0.559. The van der Waals surface area contributed by atoms with Crippen LogP contribution < -0.4 is 4.90 Å². The summed E-state index contributed by atoms with van der Waals surface area (Å²) in [5, 5.41) is 0. The summed E-state index contributed by atoms with van der Waals surface area (Å²) in [6.07, 6.45) is 2.99. The lowest BCUT2D eigenvalue weighted by atomic mass is 9.94. The number of halogens is 2. The highest BCUT2D eigenvalue weighted by atomic mass is 79.9. The number of rotatable bonds is 1. The Morgan fingerprint density at radius 2 is 2.05 bits per heavy atom. The third-order valence-corrected chi connectivity index (χ3v) is 4.41. The number of nitrogens with zero attached hydrogens (tertiary/aromatic N) is 2. The minimum Gasteiger partial charge on any atom is -0.325 e. The average Bonchev–Trinajstić information content (AvgIpc) is 2.38. The van der Waals surface area contributed by atoms with E-state index >= 15 is 0 Å². The fourth-order valence-electron chi connectivity index (χ4n) is 2.60. The van der Waals surface area contributed by atoms with Crippen LogP contribution in [0.3, 0.4) is 0 Å². The maximum atomic E-state index is 4.57. The maximum absolute atomic E-state index is 4.57. The molecule has 0 saturated carbocycles. The van der Waals surface area contributed by atoms with Crippen LogP contribution in [0.25, 0.3) is 0 Å². The molecule has 0 bridgehead atoms. The number of hydrogen-bond donors (Lipinski definition) is 0. The molecular weight excluding hydrogens is 368 g/mol. The van der Waals surface area contributed by atoms with Crippen LogP contribution in [0.4, 0.5) is 11.5 Å². The summed E-state index contributed by atoms with van der Waals surface area (Å²) in [5.74, 6) is 1.62. The first kappa shape index (κ1) is 13.1. The van der Waals surface area contributed by atoms with Gasteiger partial charge in [-0.3, -0.25) is 0 Å². The predicted octanol–water partition coefficient (Wildman–Crippen LogP) is 4.94. The van der Waals surface area contributed by atoms with Crippen LogP contribution in [0.1, 0.15) is 12.5 Å². The molecule has 98 valence electrons. The molecule has 0 aliphatic carbocycles. The van der Waals surface area contributed by atoms with E-state index in [1.165, 1.54) is 11.3 Å². The summed E-state index contributed by atoms with van der Waals surface area (Å²) in [7, 11) is 0. The normalized spacial score (nSPS) is 18.3. The molecule has 1 atom stereocenters. The largest absolute Gasteiger partial charge is 0.325 e. The van der Waals surface area contributed by atoms with E-state index in [9.17, 15) is 0 Å². The zero-order valence-electron chi connectivity index (χ0n) is 10.6. The van der Waals surface area contributed by atoms with E-state index in [0.29, 0.717) is 5.92 Å². The van der Waals surface area contributed by atoms with Crippen molar-refractivity contribution >= 4 is 43.4 Å². The molecule has 1 aliphatic heterocycles. The third-order valence-electron chi connectivity index (χ3n) is 3.39. The van der Waals surface area contributed by atoms with Crippen LogP contribution in [-0.2, 0) is 6.42 Å². The molecule has 0 N–H and O–H groups in total. The summed E-state index contributed by atoms with van der Waals surface area (Å²) in [5.41, 5.74) is 2.67. The first-order valence-corrected chi connectivity index (χ1v) is 7.90. The van der Waals surface area contributed by atoms with Gasteiger partial charge in [-0.05, 0) is 61.9 Å². The second kappa shape index (κ2) is 5.25. The highest BCUT2D eigenvalue weighted by Gasteiger charge is 2.24. The first-order valence-electron chi connectivity index (χ1n) is 6.31. The van der Waals surface area contributed by atoms with E-state index in [1.807, 2.05) is 12.3 Å². The smallest absolute Gasteiger partial charge is 0.147 e. The van der Waals surface area contributed by atoms with Gasteiger partial charge >= 0.3 is 0 Å². The van der Waals surface area contributed by atoms with E-state index in [2.05, 4.69) is 72.9 Å². The molecule has 0 radical (unpaired) electrons. The van der Waals surface area contributed by atoms with E-state index in [0.717, 1.165) is 27.7 Å². The van der Waals surface area contributed by atoms with Crippen LogP contribution in [0.15, 0.2) is 45.5 Å². The average molecular weight is 382 g/mol. The van der Waals surface area contributed by atoms with Crippen LogP contribution in [0.5, 0.6) is 0 Å². The van der Waals surface area contributed by atoms with Crippen molar-refractivity contribution in [1.82, 2.24) is 4.98 Å². The molecule has 3 rings (SSSR count). The van der Waals surface area contributed by atoms with Crippen molar-refractivity contribution in [3.8, 4) is 0 Å². The summed E-state index contributed by atoms with van der Waals surface area (Å²) in [4.78, 5) is 6.87. The van der Waals surface area contributed by atoms with Crippen LogP contribution in [0, 0.1) is 5.92 Å². The van der Waals surface area contributed by atoms with Crippen molar-refractivity contribution in [3.05, 3.63) is 51.0 Å². The summed E-state index contributed by atoms with van der Waals surface area (Å²) in [6.45, 7) is 3.29. The molecule has 2 heterocycles. The van der Waals surface area contributed by atoms with Gasteiger partial charge in [-0.25, -0.2) is 4.98 Å². The van der Waals surface area contributed by atoms with Crippen molar-refractivity contribution in [2.45, 2.75) is 13.3 Å². The number of fused-ring (bicyclic) bond motifs is 1. The van der Waals surface area contributed by atoms with Gasteiger partial charge in [0.05, 0.1) is 4.47 Å². The summed E-state index contributed by atoms with van der Waals surface area (Å²) >= 11 is 7.07. The number of anilines is 2. The molecule has 0 amide bonds. The number of hydrogen-bond acceptors (Lipinski definition) is 2. The molecule has 0 saturated heterocycles. The van der Waals surface area contributed by atoms with E-state index < -0.39 is 0 Å². The maximum Gasteiger partial charge on any atom is 0.147 e. The quantitative estimate of drug-likeness (QED) is 0.695. The molecule has 1 unspecified atom stereocenters. The van der Waals surface area contributed by atoms with Crippen molar-refractivity contribution in [1.29, 1.82) is 0 Å². The second-order valence-corrected chi connectivity index (χ2v) is 6.78. The van der Waals surface area contributed by atoms with E-state index in [4.69, 9.17) is 0 Å². The zero-order chi connectivity index (χ0) is 13.4. The Morgan fingerprint density at radius 3 is 2.84 bits per heavy atom. The SMILES string of the molecule is CC1Cc2ccccc2N(c2ncc(Br)cc2Br)C1. The molecule has 19 heavy (non-hydrogen) atoms. The van der Waals surface area contributed by atoms with Gasteiger partial charge < -0.3 is 4.90 Å². The van der Waals surface area contributed by atoms with Crippen molar-refractivity contribution in [3.63, 3.8) is 0 Å². The van der Waals surface area contributed by atoms with Gasteiger partial charge in [-0.15, -0.1) is 0 Å². The van der Waals surface area contributed by atoms with Gasteiger partial charge in [0.15, 0.2) is 0 Å². The molecule has 4 heteroatoms. The molecular formula is C15H14Br2N2. The van der Waals surface area contributed by atoms with Gasteiger partial charge in [-0.2, -0.15) is 0 Å². The minimum atomic E-state index is 0.632. The fourth-order valence-corrected chi connectivity index (χ4v) is 3.80. The highest BCUT2D eigenvalue weighted by Crippen LogP contribution is 2.37. The second-order valence-electron chi connectivity index (χ2n) is 5.01. The molecule has 1 aliphatic rings. The number of benzene rings is 1. The Labute approximate surface area is 130 Å². The summed E-state index contributed by atoms with van der Waals surface area (Å²) in [6, 6.07) is 10.6. The Hall–Kier alpha value is -0.870. The van der Waals surface area contributed by atoms with Crippen molar-refractivity contribution < 1.29 is 0 Å². The number of pyridine rings is 1. The zero-order valence-corrected chi connectivity index (χ0v) is 13.8. The Kier molecular flexibility index (Phi) is 3.63. The molecule has 1 aromatic carbocycles. The van der Waals surface area contributed by atoms with Crippen molar-refractivity contribution in [2.75, 3.05) is 11.4 Å². The van der Waals surface area contributed by atoms with Gasteiger partial charge in [0, 0.05) is 22.9 Å². The molecule has 0 fully saturated rings. The Morgan fingerprint density at radius 1 is 1.26 bits per heavy atom. The molecule has 2 aromatic rings. The van der Waals surface area contributed by atoms with Crippen LogP contribution >= 0.6 is 31.9 Å².